The summed E-state index contributed by atoms with van der Waals surface area (Å²) in [5.74, 6) is 0. The average molecular weight is 585 g/mol. The number of phosphoric ester groups is 3. The molecular weight excluding hydrogens is 558 g/mol. The SMILES string of the molecule is O=P(O)(O)OCC(O)CO.O=P(O)(O)OCC(O)CO.O=P(O)(O)OCC(O)CO.[Na+].[Na+].[Na+]. The molecule has 3 unspecified atom stereocenters. The van der Waals surface area contributed by atoms with Crippen LogP contribution in [0.15, 0.2) is 0 Å². The normalized spacial score (nSPS) is 13.8. The fraction of sp³-hybridized carbons (Fsp3) is 1.00. The maximum absolute atomic E-state index is 9.93. The Balaban J connectivity index is -0.0000000792. The van der Waals surface area contributed by atoms with Crippen molar-refractivity contribution in [3.63, 3.8) is 0 Å². The van der Waals surface area contributed by atoms with Crippen molar-refractivity contribution in [3.8, 4) is 0 Å². The van der Waals surface area contributed by atoms with E-state index in [1.54, 1.807) is 0 Å². The summed E-state index contributed by atoms with van der Waals surface area (Å²) in [5, 5.41) is 50.0. The molecule has 0 bridgehead atoms. The molecule has 0 heterocycles. The molecule has 0 aliphatic carbocycles. The van der Waals surface area contributed by atoms with Crippen LogP contribution in [0.1, 0.15) is 0 Å². The van der Waals surface area contributed by atoms with Crippen LogP contribution < -0.4 is 88.7 Å². The zero-order chi connectivity index (χ0) is 24.6. The average Bonchev–Trinajstić information content (AvgIpc) is 2.61. The van der Waals surface area contributed by atoms with Crippen LogP contribution in [-0.4, -0.2) is 118 Å². The van der Waals surface area contributed by atoms with Gasteiger partial charge in [0.15, 0.2) is 0 Å². The van der Waals surface area contributed by atoms with Crippen LogP contribution in [0.2, 0.25) is 0 Å². The Kier molecular flexibility index (Phi) is 39.7. The van der Waals surface area contributed by atoms with Gasteiger partial charge in [-0.2, -0.15) is 0 Å². The van der Waals surface area contributed by atoms with Gasteiger partial charge in [-0.3, -0.25) is 13.6 Å². The Bertz CT molecular complexity index is 477. The Morgan fingerprint density at radius 1 is 0.485 bits per heavy atom. The maximum atomic E-state index is 9.93. The quantitative estimate of drug-likeness (QED) is 0.0747. The first-order valence-corrected chi connectivity index (χ1v) is 11.9. The number of phosphoric acid groups is 3. The third-order valence-electron chi connectivity index (χ3n) is 1.94. The number of rotatable bonds is 12. The minimum atomic E-state index is -4.50. The largest absolute Gasteiger partial charge is 1.00 e. The van der Waals surface area contributed by atoms with E-state index in [9.17, 15) is 13.7 Å². The van der Waals surface area contributed by atoms with E-state index >= 15 is 0 Å². The third-order valence-corrected chi connectivity index (χ3v) is 3.39. The van der Waals surface area contributed by atoms with Crippen molar-refractivity contribution in [1.29, 1.82) is 0 Å². The molecule has 0 aromatic heterocycles. The van der Waals surface area contributed by atoms with Gasteiger partial charge in [0.2, 0.25) is 0 Å². The first kappa shape index (κ1) is 49.1. The number of hydrogen-bond donors (Lipinski definition) is 12. The van der Waals surface area contributed by atoms with E-state index in [1.165, 1.54) is 0 Å². The Morgan fingerprint density at radius 2 is 0.636 bits per heavy atom. The molecule has 0 rings (SSSR count). The molecule has 0 amide bonds. The standard InChI is InChI=1S/3C3H9O6P.3Na/c3*4-1-3(5)2-9-10(6,7)8;;;/h3*3-5H,1-2H2,(H2,6,7,8);;;/q;;;3*+1. The fourth-order valence-electron chi connectivity index (χ4n) is 0.708. The first-order chi connectivity index (χ1) is 13.4. The van der Waals surface area contributed by atoms with Crippen molar-refractivity contribution < 1.29 is 176 Å². The topological polar surface area (TPSA) is 322 Å². The van der Waals surface area contributed by atoms with Crippen LogP contribution in [0.25, 0.3) is 0 Å². The molecule has 24 heteroatoms. The van der Waals surface area contributed by atoms with E-state index in [4.69, 9.17) is 60.0 Å². The van der Waals surface area contributed by atoms with E-state index in [1.807, 2.05) is 0 Å². The van der Waals surface area contributed by atoms with E-state index in [-0.39, 0.29) is 88.7 Å². The molecule has 3 atom stereocenters. The van der Waals surface area contributed by atoms with E-state index in [0.717, 1.165) is 0 Å². The van der Waals surface area contributed by atoms with Gasteiger partial charge in [-0.15, -0.1) is 0 Å². The summed E-state index contributed by atoms with van der Waals surface area (Å²) in [4.78, 5) is 48.3. The maximum Gasteiger partial charge on any atom is 1.00 e. The molecule has 186 valence electrons. The van der Waals surface area contributed by atoms with E-state index in [0.29, 0.717) is 0 Å². The molecule has 0 saturated carbocycles. The van der Waals surface area contributed by atoms with Gasteiger partial charge in [-0.05, 0) is 0 Å². The minimum absolute atomic E-state index is 0. The van der Waals surface area contributed by atoms with Gasteiger partial charge in [0.05, 0.1) is 39.6 Å². The van der Waals surface area contributed by atoms with Gasteiger partial charge < -0.3 is 60.0 Å². The Labute approximate surface area is 254 Å². The van der Waals surface area contributed by atoms with E-state index < -0.39 is 81.4 Å². The van der Waals surface area contributed by atoms with Crippen molar-refractivity contribution >= 4 is 23.5 Å². The zero-order valence-electron chi connectivity index (χ0n) is 18.1. The summed E-state index contributed by atoms with van der Waals surface area (Å²) >= 11 is 0. The zero-order valence-corrected chi connectivity index (χ0v) is 26.8. The summed E-state index contributed by atoms with van der Waals surface area (Å²) in [5.41, 5.74) is 0. The summed E-state index contributed by atoms with van der Waals surface area (Å²) < 4.78 is 41.3. The van der Waals surface area contributed by atoms with Crippen LogP contribution in [0.4, 0.5) is 0 Å². The van der Waals surface area contributed by atoms with Crippen molar-refractivity contribution in [2.45, 2.75) is 18.3 Å². The smallest absolute Gasteiger partial charge is 0.394 e. The van der Waals surface area contributed by atoms with Gasteiger partial charge in [-0.1, -0.05) is 0 Å². The first-order valence-electron chi connectivity index (χ1n) is 7.33. The predicted molar refractivity (Wildman–Crippen MR) is 93.3 cm³/mol. The van der Waals surface area contributed by atoms with Gasteiger partial charge >= 0.3 is 112 Å². The number of aliphatic hydroxyl groups is 6. The summed E-state index contributed by atoms with van der Waals surface area (Å²) in [6, 6.07) is 0. The van der Waals surface area contributed by atoms with Crippen LogP contribution in [0.5, 0.6) is 0 Å². The Hall–Kier alpha value is 3.09. The second kappa shape index (κ2) is 26.7. The molecule has 0 fully saturated rings. The molecule has 0 radical (unpaired) electrons. The second-order valence-electron chi connectivity index (χ2n) is 4.87. The monoisotopic (exact) mass is 585 g/mol. The summed E-state index contributed by atoms with van der Waals surface area (Å²) in [6.45, 7) is -3.46. The molecule has 0 spiro atoms. The minimum Gasteiger partial charge on any atom is -0.394 e. The van der Waals surface area contributed by atoms with Crippen molar-refractivity contribution in [2.24, 2.45) is 0 Å². The second-order valence-corrected chi connectivity index (χ2v) is 8.59. The van der Waals surface area contributed by atoms with Crippen LogP contribution in [0.3, 0.4) is 0 Å². The van der Waals surface area contributed by atoms with Crippen LogP contribution in [0, 0.1) is 0 Å². The molecule has 0 aromatic carbocycles. The molecular formula is C9H27Na3O18P3+3. The number of hydrogen-bond acceptors (Lipinski definition) is 12. The molecule has 0 saturated heterocycles. The Morgan fingerprint density at radius 3 is 0.727 bits per heavy atom. The van der Waals surface area contributed by atoms with E-state index in [2.05, 4.69) is 13.6 Å². The fourth-order valence-corrected chi connectivity index (χ4v) is 1.81. The predicted octanol–water partition coefficient (Wildman–Crippen LogP) is -13.6. The van der Waals surface area contributed by atoms with Gasteiger partial charge in [0, 0.05) is 0 Å². The summed E-state index contributed by atoms with van der Waals surface area (Å²) in [6.07, 6.45) is -3.73. The van der Waals surface area contributed by atoms with Gasteiger partial charge in [0.25, 0.3) is 0 Å². The molecule has 0 aromatic rings. The molecule has 0 aliphatic heterocycles. The van der Waals surface area contributed by atoms with Gasteiger partial charge in [-0.25, -0.2) is 13.7 Å². The third kappa shape index (κ3) is 52.4. The van der Waals surface area contributed by atoms with Crippen molar-refractivity contribution in [3.05, 3.63) is 0 Å². The number of aliphatic hydroxyl groups excluding tert-OH is 6. The van der Waals surface area contributed by atoms with Crippen molar-refractivity contribution in [2.75, 3.05) is 39.6 Å². The van der Waals surface area contributed by atoms with Crippen LogP contribution in [-0.2, 0) is 27.3 Å². The molecule has 18 nitrogen and oxygen atoms in total. The molecule has 12 N–H and O–H groups in total. The molecule has 33 heavy (non-hydrogen) atoms. The summed E-state index contributed by atoms with van der Waals surface area (Å²) in [7, 11) is -13.5. The van der Waals surface area contributed by atoms with Crippen LogP contribution >= 0.6 is 23.5 Å². The molecule has 0 aliphatic rings. The van der Waals surface area contributed by atoms with Gasteiger partial charge in [0.1, 0.15) is 18.3 Å². The van der Waals surface area contributed by atoms with Crippen molar-refractivity contribution in [1.82, 2.24) is 0 Å².